The summed E-state index contributed by atoms with van der Waals surface area (Å²) >= 11 is 0. The van der Waals surface area contributed by atoms with Gasteiger partial charge < -0.3 is 19.9 Å². The molecular formula is C10H17NO6. The summed E-state index contributed by atoms with van der Waals surface area (Å²) in [7, 11) is 0. The van der Waals surface area contributed by atoms with Crippen LogP contribution in [0.1, 0.15) is 13.8 Å². The second kappa shape index (κ2) is 8.51. The van der Waals surface area contributed by atoms with Gasteiger partial charge in [0.05, 0.1) is 12.5 Å². The van der Waals surface area contributed by atoms with E-state index in [0.29, 0.717) is 0 Å². The van der Waals surface area contributed by atoms with E-state index in [1.165, 1.54) is 13.8 Å². The van der Waals surface area contributed by atoms with Crippen LogP contribution in [0.3, 0.4) is 0 Å². The number of carbonyl (C=O) groups excluding carboxylic acids is 3. The molecule has 17 heavy (non-hydrogen) atoms. The average molecular weight is 247 g/mol. The summed E-state index contributed by atoms with van der Waals surface area (Å²) < 4.78 is 14.3. The van der Waals surface area contributed by atoms with Gasteiger partial charge in [-0.25, -0.2) is 0 Å². The molecular weight excluding hydrogens is 230 g/mol. The van der Waals surface area contributed by atoms with Crippen LogP contribution in [0.25, 0.3) is 0 Å². The Labute approximate surface area is 99.2 Å². The zero-order chi connectivity index (χ0) is 13.3. The molecule has 0 atom stereocenters. The van der Waals surface area contributed by atoms with Crippen LogP contribution in [0.2, 0.25) is 0 Å². The fourth-order valence-corrected chi connectivity index (χ4v) is 0.884. The summed E-state index contributed by atoms with van der Waals surface area (Å²) in [6, 6.07) is 0. The van der Waals surface area contributed by atoms with Crippen molar-refractivity contribution in [3.05, 3.63) is 0 Å². The minimum atomic E-state index is -0.569. The van der Waals surface area contributed by atoms with Gasteiger partial charge in [-0.15, -0.1) is 0 Å². The fraction of sp³-hybridized carbons (Fsp3) is 0.700. The van der Waals surface area contributed by atoms with Crippen LogP contribution < -0.4 is 5.73 Å². The van der Waals surface area contributed by atoms with E-state index in [0.717, 1.165) is 0 Å². The summed E-state index contributed by atoms with van der Waals surface area (Å²) in [5.74, 6) is -1.87. The first-order valence-corrected chi connectivity index (χ1v) is 5.08. The molecule has 0 radical (unpaired) electrons. The van der Waals surface area contributed by atoms with Crippen molar-refractivity contribution in [1.29, 1.82) is 0 Å². The van der Waals surface area contributed by atoms with E-state index >= 15 is 0 Å². The van der Waals surface area contributed by atoms with Gasteiger partial charge in [0, 0.05) is 13.8 Å². The van der Waals surface area contributed by atoms with Gasteiger partial charge in [0.25, 0.3) is 0 Å². The maximum absolute atomic E-state index is 10.8. The molecule has 98 valence electrons. The molecule has 0 aliphatic heterocycles. The Hall–Kier alpha value is -1.63. The van der Waals surface area contributed by atoms with E-state index in [-0.39, 0.29) is 26.4 Å². The molecule has 0 aromatic carbocycles. The third-order valence-electron chi connectivity index (χ3n) is 1.69. The van der Waals surface area contributed by atoms with Gasteiger partial charge in [-0.1, -0.05) is 0 Å². The number of carbonyl (C=O) groups is 3. The van der Waals surface area contributed by atoms with E-state index < -0.39 is 23.8 Å². The smallest absolute Gasteiger partial charge is 0.319 e. The lowest BCUT2D eigenvalue weighted by Gasteiger charge is -2.16. The molecule has 0 spiro atoms. The van der Waals surface area contributed by atoms with Gasteiger partial charge in [-0.2, -0.15) is 0 Å². The summed E-state index contributed by atoms with van der Waals surface area (Å²) in [4.78, 5) is 32.1. The van der Waals surface area contributed by atoms with Crippen molar-refractivity contribution in [3.63, 3.8) is 0 Å². The van der Waals surface area contributed by atoms with Gasteiger partial charge >= 0.3 is 17.9 Å². The molecule has 0 rings (SSSR count). The Kier molecular flexibility index (Phi) is 7.70. The maximum Gasteiger partial charge on any atom is 0.319 e. The maximum atomic E-state index is 10.8. The van der Waals surface area contributed by atoms with Gasteiger partial charge in [-0.05, 0) is 0 Å². The molecule has 0 unspecified atom stereocenters. The number of rotatable bonds is 7. The van der Waals surface area contributed by atoms with E-state index in [2.05, 4.69) is 0 Å². The fourth-order valence-electron chi connectivity index (χ4n) is 0.884. The Morgan fingerprint density at radius 1 is 0.941 bits per heavy atom. The SMILES string of the molecule is CC(=O)OCC(COC(C)=O)COC(=O)CN. The minimum Gasteiger partial charge on any atom is -0.465 e. The molecule has 7 nitrogen and oxygen atoms in total. The zero-order valence-corrected chi connectivity index (χ0v) is 9.93. The van der Waals surface area contributed by atoms with Crippen LogP contribution in [0.15, 0.2) is 0 Å². The lowest BCUT2D eigenvalue weighted by atomic mass is 10.2. The van der Waals surface area contributed by atoms with Crippen molar-refractivity contribution in [2.75, 3.05) is 26.4 Å². The number of nitrogens with two attached hydrogens (primary N) is 1. The highest BCUT2D eigenvalue weighted by atomic mass is 16.6. The molecule has 0 bridgehead atoms. The predicted molar refractivity (Wildman–Crippen MR) is 56.8 cm³/mol. The highest BCUT2D eigenvalue weighted by Gasteiger charge is 2.15. The van der Waals surface area contributed by atoms with Crippen LogP contribution in [-0.2, 0) is 28.6 Å². The third-order valence-corrected chi connectivity index (χ3v) is 1.69. The average Bonchev–Trinajstić information content (AvgIpc) is 2.26. The number of ether oxygens (including phenoxy) is 3. The van der Waals surface area contributed by atoms with Gasteiger partial charge in [-0.3, -0.25) is 14.4 Å². The highest BCUT2D eigenvalue weighted by molar-refractivity contribution is 5.71. The molecule has 0 aliphatic rings. The molecule has 0 heterocycles. The summed E-state index contributed by atoms with van der Waals surface area (Å²) in [5.41, 5.74) is 5.06. The Morgan fingerprint density at radius 2 is 1.35 bits per heavy atom. The van der Waals surface area contributed by atoms with Crippen molar-refractivity contribution < 1.29 is 28.6 Å². The van der Waals surface area contributed by atoms with Crippen LogP contribution in [0.4, 0.5) is 0 Å². The first kappa shape index (κ1) is 15.4. The van der Waals surface area contributed by atoms with Crippen molar-refractivity contribution in [2.24, 2.45) is 11.7 Å². The summed E-state index contributed by atoms with van der Waals surface area (Å²) in [6.07, 6.45) is 0. The molecule has 2 N–H and O–H groups in total. The minimum absolute atomic E-state index is 0.0143. The number of esters is 3. The zero-order valence-electron chi connectivity index (χ0n) is 9.93. The Morgan fingerprint density at radius 3 is 1.71 bits per heavy atom. The van der Waals surface area contributed by atoms with Crippen molar-refractivity contribution in [1.82, 2.24) is 0 Å². The third kappa shape index (κ3) is 9.31. The van der Waals surface area contributed by atoms with Crippen LogP contribution in [0.5, 0.6) is 0 Å². The van der Waals surface area contributed by atoms with Crippen molar-refractivity contribution >= 4 is 17.9 Å². The molecule has 0 amide bonds. The van der Waals surface area contributed by atoms with Gasteiger partial charge in [0.15, 0.2) is 0 Å². The Bertz CT molecular complexity index is 260. The molecule has 0 saturated heterocycles. The predicted octanol–water partition coefficient (Wildman–Crippen LogP) is -0.769. The first-order chi connectivity index (χ1) is 7.95. The standard InChI is InChI=1S/C10H17NO6/c1-7(12)15-4-9(5-16-8(2)13)6-17-10(14)3-11/h9H,3-6,11H2,1-2H3. The molecule has 0 saturated carbocycles. The largest absolute Gasteiger partial charge is 0.465 e. The molecule has 0 aliphatic carbocycles. The monoisotopic (exact) mass is 247 g/mol. The normalized spacial score (nSPS) is 9.88. The second-order valence-corrected chi connectivity index (χ2v) is 3.36. The topological polar surface area (TPSA) is 105 Å². The van der Waals surface area contributed by atoms with Gasteiger partial charge in [0.2, 0.25) is 0 Å². The number of hydrogen-bond donors (Lipinski definition) is 1. The quantitative estimate of drug-likeness (QED) is 0.465. The van der Waals surface area contributed by atoms with Crippen LogP contribution >= 0.6 is 0 Å². The van der Waals surface area contributed by atoms with E-state index in [1.807, 2.05) is 0 Å². The van der Waals surface area contributed by atoms with E-state index in [1.54, 1.807) is 0 Å². The second-order valence-electron chi connectivity index (χ2n) is 3.36. The molecule has 0 aromatic heterocycles. The number of hydrogen-bond acceptors (Lipinski definition) is 7. The van der Waals surface area contributed by atoms with E-state index in [9.17, 15) is 14.4 Å². The van der Waals surface area contributed by atoms with Gasteiger partial charge in [0.1, 0.15) is 19.8 Å². The van der Waals surface area contributed by atoms with Crippen LogP contribution in [0, 0.1) is 5.92 Å². The molecule has 7 heteroatoms. The summed E-state index contributed by atoms with van der Waals surface area (Å²) in [6.45, 7) is 2.30. The Balaban J connectivity index is 4.04. The van der Waals surface area contributed by atoms with Crippen molar-refractivity contribution in [2.45, 2.75) is 13.8 Å². The molecule has 0 fully saturated rings. The lowest BCUT2D eigenvalue weighted by molar-refractivity contribution is -0.150. The highest BCUT2D eigenvalue weighted by Crippen LogP contribution is 2.01. The van der Waals surface area contributed by atoms with E-state index in [4.69, 9.17) is 19.9 Å². The first-order valence-electron chi connectivity index (χ1n) is 5.08. The lowest BCUT2D eigenvalue weighted by Crippen LogP contribution is -2.27. The summed E-state index contributed by atoms with van der Waals surface area (Å²) in [5, 5.41) is 0. The molecule has 0 aromatic rings. The van der Waals surface area contributed by atoms with Crippen LogP contribution in [-0.4, -0.2) is 44.3 Å². The van der Waals surface area contributed by atoms with Crippen molar-refractivity contribution in [3.8, 4) is 0 Å².